The number of benzene rings is 2. The molecule has 0 spiro atoms. The van der Waals surface area contributed by atoms with Gasteiger partial charge >= 0.3 is 0 Å². The minimum Gasteiger partial charge on any atom is -0.508 e. The summed E-state index contributed by atoms with van der Waals surface area (Å²) in [5.41, 5.74) is 2.13. The van der Waals surface area contributed by atoms with Crippen molar-refractivity contribution in [3.05, 3.63) is 66.5 Å². The van der Waals surface area contributed by atoms with Crippen molar-refractivity contribution in [3.63, 3.8) is 0 Å². The number of nitrogens with zero attached hydrogens (tertiary/aromatic N) is 2. The van der Waals surface area contributed by atoms with Crippen molar-refractivity contribution < 1.29 is 14.6 Å². The Morgan fingerprint density at radius 2 is 1.81 bits per heavy atom. The number of aromatic hydroxyl groups is 1. The van der Waals surface area contributed by atoms with Gasteiger partial charge in [-0.15, -0.1) is 0 Å². The SMILES string of the molecule is CC(=O)Nc1cc(Oc2ccc(NCCc3ccc(O)cc3)cc2)ncn1. The van der Waals surface area contributed by atoms with E-state index in [0.717, 1.165) is 24.2 Å². The van der Waals surface area contributed by atoms with Gasteiger partial charge in [0, 0.05) is 25.2 Å². The maximum absolute atomic E-state index is 11.1. The molecule has 1 aromatic heterocycles. The van der Waals surface area contributed by atoms with Crippen molar-refractivity contribution in [3.8, 4) is 17.4 Å². The molecule has 0 aliphatic rings. The summed E-state index contributed by atoms with van der Waals surface area (Å²) in [5, 5.41) is 15.2. The Kier molecular flexibility index (Phi) is 5.84. The van der Waals surface area contributed by atoms with Gasteiger partial charge in [0.25, 0.3) is 0 Å². The zero-order valence-electron chi connectivity index (χ0n) is 14.8. The van der Waals surface area contributed by atoms with E-state index in [2.05, 4.69) is 20.6 Å². The lowest BCUT2D eigenvalue weighted by molar-refractivity contribution is -0.114. The zero-order valence-corrected chi connectivity index (χ0v) is 14.8. The van der Waals surface area contributed by atoms with Gasteiger partial charge in [0.15, 0.2) is 0 Å². The molecule has 138 valence electrons. The Balaban J connectivity index is 1.52. The molecule has 0 aliphatic heterocycles. The molecule has 7 heteroatoms. The van der Waals surface area contributed by atoms with E-state index in [-0.39, 0.29) is 11.7 Å². The molecule has 27 heavy (non-hydrogen) atoms. The highest BCUT2D eigenvalue weighted by Crippen LogP contribution is 2.22. The average molecular weight is 364 g/mol. The first-order valence-corrected chi connectivity index (χ1v) is 8.48. The Hall–Kier alpha value is -3.61. The van der Waals surface area contributed by atoms with E-state index in [0.29, 0.717) is 17.4 Å². The number of amides is 1. The third-order valence-corrected chi connectivity index (χ3v) is 3.70. The van der Waals surface area contributed by atoms with Crippen LogP contribution in [0.15, 0.2) is 60.9 Å². The maximum atomic E-state index is 11.1. The van der Waals surface area contributed by atoms with Crippen molar-refractivity contribution in [1.82, 2.24) is 9.97 Å². The smallest absolute Gasteiger partial charge is 0.224 e. The molecule has 0 saturated carbocycles. The first-order chi connectivity index (χ1) is 13.1. The van der Waals surface area contributed by atoms with Gasteiger partial charge in [-0.1, -0.05) is 12.1 Å². The maximum Gasteiger partial charge on any atom is 0.224 e. The number of carbonyl (C=O) groups excluding carboxylic acids is 1. The zero-order chi connectivity index (χ0) is 19.1. The number of hydrogen-bond acceptors (Lipinski definition) is 6. The predicted octanol–water partition coefficient (Wildman–Crippen LogP) is 3.59. The van der Waals surface area contributed by atoms with Gasteiger partial charge in [-0.2, -0.15) is 0 Å². The number of nitrogens with one attached hydrogen (secondary N) is 2. The topological polar surface area (TPSA) is 96.4 Å². The quantitative estimate of drug-likeness (QED) is 0.593. The molecule has 1 heterocycles. The number of hydrogen-bond donors (Lipinski definition) is 3. The monoisotopic (exact) mass is 364 g/mol. The van der Waals surface area contributed by atoms with Crippen molar-refractivity contribution >= 4 is 17.4 Å². The summed E-state index contributed by atoms with van der Waals surface area (Å²) < 4.78 is 5.69. The molecule has 0 atom stereocenters. The van der Waals surface area contributed by atoms with Crippen LogP contribution in [-0.2, 0) is 11.2 Å². The molecule has 1 amide bonds. The van der Waals surface area contributed by atoms with Gasteiger partial charge in [0.1, 0.15) is 23.6 Å². The van der Waals surface area contributed by atoms with Crippen LogP contribution in [0.25, 0.3) is 0 Å². The van der Waals surface area contributed by atoms with Crippen LogP contribution in [0.4, 0.5) is 11.5 Å². The normalized spacial score (nSPS) is 10.3. The van der Waals surface area contributed by atoms with Crippen LogP contribution in [0.3, 0.4) is 0 Å². The van der Waals surface area contributed by atoms with Crippen LogP contribution < -0.4 is 15.4 Å². The highest BCUT2D eigenvalue weighted by molar-refractivity contribution is 5.87. The van der Waals surface area contributed by atoms with E-state index in [1.165, 1.54) is 13.3 Å². The Labute approximate surface area is 157 Å². The number of aromatic nitrogens is 2. The van der Waals surface area contributed by atoms with Crippen LogP contribution in [-0.4, -0.2) is 27.5 Å². The summed E-state index contributed by atoms with van der Waals surface area (Å²) in [4.78, 5) is 19.1. The Morgan fingerprint density at radius 1 is 1.07 bits per heavy atom. The van der Waals surface area contributed by atoms with E-state index in [9.17, 15) is 9.90 Å². The standard InChI is InChI=1S/C20H20N4O3/c1-14(25)24-19-12-20(23-13-22-19)27-18-8-4-16(5-9-18)21-11-10-15-2-6-17(26)7-3-15/h2-9,12-13,21,26H,10-11H2,1H3,(H,22,23,24,25). The van der Waals surface area contributed by atoms with E-state index < -0.39 is 0 Å². The summed E-state index contributed by atoms with van der Waals surface area (Å²) in [6, 6.07) is 16.3. The van der Waals surface area contributed by atoms with Crippen molar-refractivity contribution in [2.45, 2.75) is 13.3 Å². The third kappa shape index (κ3) is 5.71. The molecule has 0 aliphatic carbocycles. The molecule has 2 aromatic carbocycles. The second kappa shape index (κ2) is 8.66. The van der Waals surface area contributed by atoms with Crippen LogP contribution in [0, 0.1) is 0 Å². The van der Waals surface area contributed by atoms with Crippen molar-refractivity contribution in [2.24, 2.45) is 0 Å². The fourth-order valence-corrected chi connectivity index (χ4v) is 2.42. The van der Waals surface area contributed by atoms with E-state index in [1.54, 1.807) is 18.2 Å². The second-order valence-corrected chi connectivity index (χ2v) is 5.89. The summed E-state index contributed by atoms with van der Waals surface area (Å²) in [5.74, 6) is 1.44. The van der Waals surface area contributed by atoms with E-state index >= 15 is 0 Å². The van der Waals surface area contributed by atoms with Crippen molar-refractivity contribution in [2.75, 3.05) is 17.2 Å². The fourth-order valence-electron chi connectivity index (χ4n) is 2.42. The number of phenols is 1. The number of anilines is 2. The van der Waals surface area contributed by atoms with Crippen LogP contribution >= 0.6 is 0 Å². The van der Waals surface area contributed by atoms with Crippen LogP contribution in [0.5, 0.6) is 17.4 Å². The van der Waals surface area contributed by atoms with Gasteiger partial charge in [-0.25, -0.2) is 9.97 Å². The summed E-state index contributed by atoms with van der Waals surface area (Å²) >= 11 is 0. The van der Waals surface area contributed by atoms with Crippen LogP contribution in [0.1, 0.15) is 12.5 Å². The van der Waals surface area contributed by atoms with Crippen LogP contribution in [0.2, 0.25) is 0 Å². The van der Waals surface area contributed by atoms with Gasteiger partial charge in [0.2, 0.25) is 11.8 Å². The Morgan fingerprint density at radius 3 is 2.52 bits per heavy atom. The molecule has 3 rings (SSSR count). The van der Waals surface area contributed by atoms with Gasteiger partial charge in [-0.05, 0) is 48.4 Å². The van der Waals surface area contributed by atoms with E-state index in [1.807, 2.05) is 36.4 Å². The minimum atomic E-state index is -0.206. The number of carbonyl (C=O) groups is 1. The first-order valence-electron chi connectivity index (χ1n) is 8.48. The van der Waals surface area contributed by atoms with Crippen molar-refractivity contribution in [1.29, 1.82) is 0 Å². The number of phenolic OH excluding ortho intramolecular Hbond substituents is 1. The number of rotatable bonds is 7. The van der Waals surface area contributed by atoms with Gasteiger partial charge in [-0.3, -0.25) is 4.79 Å². The average Bonchev–Trinajstić information content (AvgIpc) is 2.65. The second-order valence-electron chi connectivity index (χ2n) is 5.89. The summed E-state index contributed by atoms with van der Waals surface area (Å²) in [6.07, 6.45) is 2.19. The molecular weight excluding hydrogens is 344 g/mol. The molecule has 7 nitrogen and oxygen atoms in total. The highest BCUT2D eigenvalue weighted by Gasteiger charge is 2.03. The lowest BCUT2D eigenvalue weighted by Gasteiger charge is -2.09. The minimum absolute atomic E-state index is 0.206. The molecule has 0 bridgehead atoms. The summed E-state index contributed by atoms with van der Waals surface area (Å²) in [7, 11) is 0. The molecule has 3 aromatic rings. The Bertz CT molecular complexity index is 896. The molecule has 0 saturated heterocycles. The highest BCUT2D eigenvalue weighted by atomic mass is 16.5. The summed E-state index contributed by atoms with van der Waals surface area (Å²) in [6.45, 7) is 2.19. The fraction of sp³-hybridized carbons (Fsp3) is 0.150. The molecule has 0 unspecified atom stereocenters. The van der Waals surface area contributed by atoms with Gasteiger partial charge < -0.3 is 20.5 Å². The largest absolute Gasteiger partial charge is 0.508 e. The molecule has 0 fully saturated rings. The molecule has 0 radical (unpaired) electrons. The first kappa shape index (κ1) is 18.2. The van der Waals surface area contributed by atoms with Gasteiger partial charge in [0.05, 0.1) is 0 Å². The third-order valence-electron chi connectivity index (χ3n) is 3.70. The molecule has 3 N–H and O–H groups in total. The lowest BCUT2D eigenvalue weighted by Crippen LogP contribution is -2.07. The lowest BCUT2D eigenvalue weighted by atomic mass is 10.1. The number of ether oxygens (including phenoxy) is 1. The van der Waals surface area contributed by atoms with E-state index in [4.69, 9.17) is 4.74 Å². The molecular formula is C20H20N4O3. The predicted molar refractivity (Wildman–Crippen MR) is 103 cm³/mol.